The van der Waals surface area contributed by atoms with Crippen LogP contribution in [0.15, 0.2) is 6.20 Å². The molecule has 130 valence electrons. The normalized spacial score (nSPS) is 12.0. The second kappa shape index (κ2) is 9.30. The van der Waals surface area contributed by atoms with E-state index in [1.165, 1.54) is 13.1 Å². The van der Waals surface area contributed by atoms with Crippen molar-refractivity contribution in [2.24, 2.45) is 5.73 Å². The average molecular weight is 352 g/mol. The fraction of sp³-hybridized carbons (Fsp3) is 0.364. The number of hydrogen-bond acceptors (Lipinski definition) is 8. The summed E-state index contributed by atoms with van der Waals surface area (Å²) in [6.45, 7) is 0.491. The minimum atomic E-state index is -4.61. The van der Waals surface area contributed by atoms with Gasteiger partial charge in [-0.25, -0.2) is 4.57 Å². The van der Waals surface area contributed by atoms with E-state index in [4.69, 9.17) is 25.7 Å². The van der Waals surface area contributed by atoms with Crippen LogP contribution in [-0.4, -0.2) is 55.0 Å². The molecular weight excluding hydrogens is 335 g/mol. The van der Waals surface area contributed by atoms with Crippen LogP contribution in [0, 0.1) is 6.92 Å². The Morgan fingerprint density at radius 2 is 2.09 bits per heavy atom. The number of aliphatic hydroxyl groups excluding tert-OH is 1. The van der Waals surface area contributed by atoms with Gasteiger partial charge in [0.1, 0.15) is 11.8 Å². The number of aliphatic carboxylic acids is 1. The summed E-state index contributed by atoms with van der Waals surface area (Å²) in [5, 5.41) is 25.4. The smallest absolute Gasteiger partial charge is 0.469 e. The molecule has 0 aliphatic heterocycles. The molecule has 0 saturated carbocycles. The van der Waals surface area contributed by atoms with Gasteiger partial charge in [0.05, 0.1) is 24.5 Å². The molecule has 0 unspecified atom stereocenters. The highest BCUT2D eigenvalue weighted by molar-refractivity contribution is 7.46. The maximum Gasteiger partial charge on any atom is 0.469 e. The third-order valence-corrected chi connectivity index (χ3v) is 2.84. The van der Waals surface area contributed by atoms with E-state index in [9.17, 15) is 19.3 Å². The van der Waals surface area contributed by atoms with Crippen LogP contribution in [0.4, 0.5) is 0 Å². The number of carbonyl (C=O) groups is 2. The highest BCUT2D eigenvalue weighted by Gasteiger charge is 2.17. The van der Waals surface area contributed by atoms with Crippen molar-refractivity contribution in [1.82, 2.24) is 4.98 Å². The van der Waals surface area contributed by atoms with Crippen molar-refractivity contribution in [3.05, 3.63) is 23.0 Å². The molecule has 0 radical (unpaired) electrons. The summed E-state index contributed by atoms with van der Waals surface area (Å²) in [5.41, 5.74) is 5.05. The van der Waals surface area contributed by atoms with Crippen LogP contribution in [0.2, 0.25) is 0 Å². The molecule has 0 fully saturated rings. The number of aromatic nitrogens is 1. The Hall–Kier alpha value is -1.88. The van der Waals surface area contributed by atoms with Gasteiger partial charge in [-0.1, -0.05) is 0 Å². The summed E-state index contributed by atoms with van der Waals surface area (Å²) >= 11 is 0. The van der Waals surface area contributed by atoms with Crippen molar-refractivity contribution in [2.75, 3.05) is 6.61 Å². The second-order valence-electron chi connectivity index (χ2n) is 4.14. The molecule has 12 heteroatoms. The molecule has 1 rings (SSSR count). The number of nitrogens with two attached hydrogens (primary N) is 1. The number of phosphoric acid groups is 1. The van der Waals surface area contributed by atoms with E-state index in [0.29, 0.717) is 6.29 Å². The molecule has 0 spiro atoms. The zero-order chi connectivity index (χ0) is 18.2. The summed E-state index contributed by atoms with van der Waals surface area (Å²) < 4.78 is 14.7. The van der Waals surface area contributed by atoms with Crippen molar-refractivity contribution in [3.8, 4) is 5.75 Å². The van der Waals surface area contributed by atoms with Crippen LogP contribution in [0.1, 0.15) is 21.6 Å². The molecule has 0 amide bonds. The van der Waals surface area contributed by atoms with Gasteiger partial charge >= 0.3 is 13.8 Å². The lowest BCUT2D eigenvalue weighted by Gasteiger charge is -2.09. The molecule has 11 nitrogen and oxygen atoms in total. The predicted octanol–water partition coefficient (Wildman–Crippen LogP) is -1.09. The number of nitrogens with zero attached hydrogens (tertiary/aromatic N) is 1. The Labute approximate surface area is 130 Å². The Morgan fingerprint density at radius 1 is 1.52 bits per heavy atom. The van der Waals surface area contributed by atoms with Crippen molar-refractivity contribution in [1.29, 1.82) is 0 Å². The standard InChI is InChI=1S/C8H10NO6P.C3H7NO3/c1-5-8(11)7(3-10)6(2-9-5)4-15-16(12,13)14;4-2(1-5)3(6)7/h2-3,11H,4H2,1H3,(H2,12,13,14);2,5H,1,4H2,(H,6,7)/t;2-/m.0/s1. The lowest BCUT2D eigenvalue weighted by atomic mass is 10.1. The first-order chi connectivity index (χ1) is 10.5. The zero-order valence-corrected chi connectivity index (χ0v) is 12.9. The fourth-order valence-corrected chi connectivity index (χ4v) is 1.44. The molecule has 0 bridgehead atoms. The van der Waals surface area contributed by atoms with Crippen LogP contribution >= 0.6 is 7.82 Å². The molecule has 7 N–H and O–H groups in total. The minimum Gasteiger partial charge on any atom is -0.505 e. The van der Waals surface area contributed by atoms with E-state index in [0.717, 1.165) is 0 Å². The van der Waals surface area contributed by atoms with E-state index < -0.39 is 33.0 Å². The first kappa shape index (κ1) is 21.1. The van der Waals surface area contributed by atoms with E-state index in [2.05, 4.69) is 9.51 Å². The number of aliphatic hydroxyl groups is 1. The number of carbonyl (C=O) groups excluding carboxylic acids is 1. The number of aryl methyl sites for hydroxylation is 1. The van der Waals surface area contributed by atoms with Crippen LogP contribution in [0.3, 0.4) is 0 Å². The Balaban J connectivity index is 0.000000585. The Kier molecular flexibility index (Phi) is 8.54. The van der Waals surface area contributed by atoms with Gasteiger partial charge in [0, 0.05) is 11.8 Å². The quantitative estimate of drug-likeness (QED) is 0.268. The minimum absolute atomic E-state index is 0.0825. The van der Waals surface area contributed by atoms with E-state index in [1.54, 1.807) is 0 Å². The molecule has 1 heterocycles. The van der Waals surface area contributed by atoms with Gasteiger partial charge in [0.25, 0.3) is 0 Å². The van der Waals surface area contributed by atoms with E-state index in [1.807, 2.05) is 0 Å². The van der Waals surface area contributed by atoms with Gasteiger partial charge < -0.3 is 30.8 Å². The van der Waals surface area contributed by atoms with Crippen LogP contribution in [-0.2, 0) is 20.5 Å². The van der Waals surface area contributed by atoms with Crippen LogP contribution < -0.4 is 5.73 Å². The lowest BCUT2D eigenvalue weighted by Crippen LogP contribution is -2.33. The molecule has 0 aliphatic rings. The van der Waals surface area contributed by atoms with Gasteiger partial charge in [-0.15, -0.1) is 0 Å². The van der Waals surface area contributed by atoms with Gasteiger partial charge in [-0.2, -0.15) is 0 Å². The van der Waals surface area contributed by atoms with Gasteiger partial charge in [-0.05, 0) is 6.92 Å². The Morgan fingerprint density at radius 3 is 2.43 bits per heavy atom. The topological polar surface area (TPSA) is 200 Å². The monoisotopic (exact) mass is 352 g/mol. The second-order valence-corrected chi connectivity index (χ2v) is 5.38. The number of hydrogen-bond donors (Lipinski definition) is 6. The van der Waals surface area contributed by atoms with Crippen molar-refractivity contribution in [3.63, 3.8) is 0 Å². The van der Waals surface area contributed by atoms with Crippen molar-refractivity contribution >= 4 is 20.1 Å². The highest BCUT2D eigenvalue weighted by Crippen LogP contribution is 2.37. The largest absolute Gasteiger partial charge is 0.505 e. The SMILES string of the molecule is Cc1ncc(COP(=O)(O)O)c(C=O)c1O.N[C@@H](CO)C(=O)O. The summed E-state index contributed by atoms with van der Waals surface area (Å²) in [5.74, 6) is -1.50. The Bertz CT molecular complexity index is 601. The van der Waals surface area contributed by atoms with Crippen molar-refractivity contribution < 1.29 is 43.8 Å². The van der Waals surface area contributed by atoms with Crippen molar-refractivity contribution in [2.45, 2.75) is 19.6 Å². The van der Waals surface area contributed by atoms with Crippen LogP contribution in [0.25, 0.3) is 0 Å². The summed E-state index contributed by atoms with van der Waals surface area (Å²) in [7, 11) is -4.61. The maximum atomic E-state index is 10.7. The molecule has 0 aromatic carbocycles. The number of rotatable bonds is 6. The number of aldehydes is 1. The summed E-state index contributed by atoms with van der Waals surface area (Å²) in [6, 6.07) is -1.13. The molecule has 23 heavy (non-hydrogen) atoms. The number of pyridine rings is 1. The van der Waals surface area contributed by atoms with Crippen LogP contribution in [0.5, 0.6) is 5.75 Å². The molecule has 1 atom stereocenters. The third kappa shape index (κ3) is 7.79. The van der Waals surface area contributed by atoms with Gasteiger partial charge in [0.15, 0.2) is 6.29 Å². The molecule has 1 aromatic rings. The third-order valence-electron chi connectivity index (χ3n) is 2.38. The lowest BCUT2D eigenvalue weighted by molar-refractivity contribution is -0.139. The highest BCUT2D eigenvalue weighted by atomic mass is 31.2. The molecule has 1 aromatic heterocycles. The maximum absolute atomic E-state index is 10.7. The number of aromatic hydroxyl groups is 1. The molecule has 0 saturated heterocycles. The van der Waals surface area contributed by atoms with E-state index in [-0.39, 0.29) is 22.6 Å². The number of phosphoric ester groups is 1. The first-order valence-electron chi connectivity index (χ1n) is 5.95. The van der Waals surface area contributed by atoms with E-state index >= 15 is 0 Å². The first-order valence-corrected chi connectivity index (χ1v) is 7.48. The van der Waals surface area contributed by atoms with Gasteiger partial charge in [0.2, 0.25) is 0 Å². The van der Waals surface area contributed by atoms with Gasteiger partial charge in [-0.3, -0.25) is 19.1 Å². The number of carboxylic acid groups (broad SMARTS) is 1. The fourth-order valence-electron chi connectivity index (χ4n) is 1.13. The predicted molar refractivity (Wildman–Crippen MR) is 75.6 cm³/mol. The average Bonchev–Trinajstić information content (AvgIpc) is 2.47. The summed E-state index contributed by atoms with van der Waals surface area (Å²) in [4.78, 5) is 41.0. The molecule has 0 aliphatic carbocycles. The zero-order valence-electron chi connectivity index (χ0n) is 12.0. The summed E-state index contributed by atoms with van der Waals surface area (Å²) in [6.07, 6.45) is 1.59. The molecular formula is C11H17N2O9P. The number of carboxylic acids is 1.